The summed E-state index contributed by atoms with van der Waals surface area (Å²) in [6.07, 6.45) is 1.22. The third-order valence-corrected chi connectivity index (χ3v) is 4.70. The fourth-order valence-electron chi connectivity index (χ4n) is 3.07. The summed E-state index contributed by atoms with van der Waals surface area (Å²) in [6.45, 7) is 2.45. The van der Waals surface area contributed by atoms with Crippen LogP contribution in [0.25, 0.3) is 0 Å². The van der Waals surface area contributed by atoms with E-state index in [1.54, 1.807) is 12.1 Å². The molecule has 0 saturated heterocycles. The number of rotatable bonds is 9. The van der Waals surface area contributed by atoms with Crippen LogP contribution in [0.3, 0.4) is 0 Å². The first-order chi connectivity index (χ1) is 13.7. The van der Waals surface area contributed by atoms with Gasteiger partial charge in [0.2, 0.25) is 0 Å². The molecule has 1 amide bonds. The van der Waals surface area contributed by atoms with Gasteiger partial charge in [-0.1, -0.05) is 30.3 Å². The summed E-state index contributed by atoms with van der Waals surface area (Å²) in [5.41, 5.74) is 8.56. The van der Waals surface area contributed by atoms with Gasteiger partial charge in [0.1, 0.15) is 12.4 Å². The van der Waals surface area contributed by atoms with Crippen LogP contribution in [-0.4, -0.2) is 43.7 Å². The van der Waals surface area contributed by atoms with E-state index in [4.69, 9.17) is 15.2 Å². The lowest BCUT2D eigenvalue weighted by Gasteiger charge is -2.28. The van der Waals surface area contributed by atoms with Crippen molar-refractivity contribution in [2.75, 3.05) is 32.8 Å². The predicted octanol–water partition coefficient (Wildman–Crippen LogP) is 3.09. The number of ether oxygens (including phenoxy) is 2. The molecular weight excluding hydrogens is 359 g/mol. The lowest BCUT2D eigenvalue weighted by molar-refractivity contribution is 0.0600. The van der Waals surface area contributed by atoms with Crippen LogP contribution in [0, 0.1) is 0 Å². The zero-order valence-electron chi connectivity index (χ0n) is 15.8. The van der Waals surface area contributed by atoms with Gasteiger partial charge in [0, 0.05) is 30.8 Å². The van der Waals surface area contributed by atoms with Crippen molar-refractivity contribution >= 4 is 5.91 Å². The number of hydrogen-bond acceptors (Lipinski definition) is 4. The molecule has 0 unspecified atom stereocenters. The second-order valence-electron chi connectivity index (χ2n) is 6.66. The Labute approximate surface area is 164 Å². The summed E-state index contributed by atoms with van der Waals surface area (Å²) in [5, 5.41) is 0. The monoisotopic (exact) mass is 384 g/mol. The molecule has 1 aliphatic heterocycles. The van der Waals surface area contributed by atoms with E-state index >= 15 is 0 Å². The van der Waals surface area contributed by atoms with Gasteiger partial charge in [0.25, 0.3) is 5.91 Å². The van der Waals surface area contributed by atoms with Crippen LogP contribution >= 0.6 is 0 Å². The normalized spacial score (nSPS) is 14.1. The van der Waals surface area contributed by atoms with Crippen LogP contribution < -0.4 is 10.5 Å². The molecule has 0 radical (unpaired) electrons. The lowest BCUT2D eigenvalue weighted by Crippen LogP contribution is -2.39. The Kier molecular flexibility index (Phi) is 7.17. The van der Waals surface area contributed by atoms with E-state index in [1.807, 2.05) is 41.3 Å². The number of nitrogens with zero attached hydrogens (tertiary/aromatic N) is 1. The third kappa shape index (κ3) is 5.18. The van der Waals surface area contributed by atoms with Crippen molar-refractivity contribution in [3.63, 3.8) is 0 Å². The maximum Gasteiger partial charge on any atom is 0.254 e. The number of carbonyl (C=O) groups is 1. The summed E-state index contributed by atoms with van der Waals surface area (Å²) < 4.78 is 23.8. The van der Waals surface area contributed by atoms with Crippen LogP contribution in [0.5, 0.6) is 5.75 Å². The number of halogens is 1. The maximum atomic E-state index is 12.7. The summed E-state index contributed by atoms with van der Waals surface area (Å²) in [7, 11) is 0. The maximum absolute atomic E-state index is 12.7. The van der Waals surface area contributed by atoms with Crippen molar-refractivity contribution in [2.24, 2.45) is 5.73 Å². The molecule has 1 heterocycles. The highest BCUT2D eigenvalue weighted by molar-refractivity contribution is 5.96. The number of benzene rings is 2. The van der Waals surface area contributed by atoms with Crippen molar-refractivity contribution in [3.05, 3.63) is 77.1 Å². The largest absolute Gasteiger partial charge is 0.489 e. The first-order valence-corrected chi connectivity index (χ1v) is 9.36. The van der Waals surface area contributed by atoms with Crippen molar-refractivity contribution in [2.45, 2.75) is 13.0 Å². The fourth-order valence-corrected chi connectivity index (χ4v) is 3.07. The first-order valence-electron chi connectivity index (χ1n) is 9.36. The first kappa shape index (κ1) is 20.0. The van der Waals surface area contributed by atoms with Crippen LogP contribution in [0.1, 0.15) is 21.5 Å². The standard InChI is InChI=1S/C22H25FN2O3/c23-13-18(14-24)16-28-20-6-7-21-19(12-20)8-9-25(22(21)26)10-11-27-15-17-4-2-1-3-5-17/h1-7,12-13H,8-11,14-16,24H2/b18-13-. The van der Waals surface area contributed by atoms with E-state index in [1.165, 1.54) is 0 Å². The Morgan fingerprint density at radius 3 is 2.79 bits per heavy atom. The Morgan fingerprint density at radius 1 is 1.21 bits per heavy atom. The molecule has 148 valence electrons. The molecule has 0 aromatic heterocycles. The molecule has 2 aromatic carbocycles. The van der Waals surface area contributed by atoms with E-state index in [-0.39, 0.29) is 19.1 Å². The van der Waals surface area contributed by atoms with E-state index in [9.17, 15) is 9.18 Å². The zero-order chi connectivity index (χ0) is 19.8. The highest BCUT2D eigenvalue weighted by atomic mass is 19.1. The van der Waals surface area contributed by atoms with Gasteiger partial charge in [-0.15, -0.1) is 0 Å². The third-order valence-electron chi connectivity index (χ3n) is 4.70. The van der Waals surface area contributed by atoms with Crippen LogP contribution in [0.2, 0.25) is 0 Å². The molecule has 0 fully saturated rings. The smallest absolute Gasteiger partial charge is 0.254 e. The minimum absolute atomic E-state index is 0.00223. The molecule has 0 aliphatic carbocycles. The molecule has 3 rings (SSSR count). The van der Waals surface area contributed by atoms with Gasteiger partial charge in [-0.05, 0) is 35.7 Å². The van der Waals surface area contributed by atoms with Crippen molar-refractivity contribution in [1.82, 2.24) is 4.90 Å². The van der Waals surface area contributed by atoms with E-state index in [0.29, 0.717) is 49.5 Å². The van der Waals surface area contributed by atoms with Gasteiger partial charge < -0.3 is 20.1 Å². The van der Waals surface area contributed by atoms with Gasteiger partial charge in [0.05, 0.1) is 19.5 Å². The molecule has 28 heavy (non-hydrogen) atoms. The molecule has 0 saturated carbocycles. The number of hydrogen-bond donors (Lipinski definition) is 1. The topological polar surface area (TPSA) is 64.8 Å². The van der Waals surface area contributed by atoms with Gasteiger partial charge in [-0.3, -0.25) is 4.79 Å². The minimum atomic E-state index is 0.00223. The molecule has 6 heteroatoms. The van der Waals surface area contributed by atoms with E-state index in [0.717, 1.165) is 17.5 Å². The molecule has 2 aromatic rings. The number of nitrogens with two attached hydrogens (primary N) is 1. The molecular formula is C22H25FN2O3. The van der Waals surface area contributed by atoms with E-state index in [2.05, 4.69) is 0 Å². The van der Waals surface area contributed by atoms with Gasteiger partial charge in [0.15, 0.2) is 0 Å². The summed E-state index contributed by atoms with van der Waals surface area (Å²) in [5.74, 6) is 0.612. The number of carbonyl (C=O) groups excluding carboxylic acids is 1. The Hall–Kier alpha value is -2.70. The Morgan fingerprint density at radius 2 is 2.04 bits per heavy atom. The lowest BCUT2D eigenvalue weighted by atomic mass is 9.98. The van der Waals surface area contributed by atoms with E-state index < -0.39 is 0 Å². The average Bonchev–Trinajstić information content (AvgIpc) is 2.74. The van der Waals surface area contributed by atoms with Crippen LogP contribution in [0.15, 0.2) is 60.4 Å². The Balaban J connectivity index is 1.51. The van der Waals surface area contributed by atoms with Crippen molar-refractivity contribution in [1.29, 1.82) is 0 Å². The minimum Gasteiger partial charge on any atom is -0.489 e. The molecule has 2 N–H and O–H groups in total. The second kappa shape index (κ2) is 10.0. The van der Waals surface area contributed by atoms with Crippen LogP contribution in [0.4, 0.5) is 4.39 Å². The Bertz CT molecular complexity index is 824. The average molecular weight is 384 g/mol. The molecule has 5 nitrogen and oxygen atoms in total. The van der Waals surface area contributed by atoms with Crippen LogP contribution in [-0.2, 0) is 17.8 Å². The summed E-state index contributed by atoms with van der Waals surface area (Å²) in [4.78, 5) is 14.5. The summed E-state index contributed by atoms with van der Waals surface area (Å²) >= 11 is 0. The van der Waals surface area contributed by atoms with Crippen molar-refractivity contribution in [3.8, 4) is 5.75 Å². The highest BCUT2D eigenvalue weighted by Gasteiger charge is 2.24. The fraction of sp³-hybridized carbons (Fsp3) is 0.318. The SMILES string of the molecule is NC/C(=C/F)COc1ccc2c(c1)CCN(CCOCc1ccccc1)C2=O. The molecule has 0 atom stereocenters. The molecule has 0 spiro atoms. The predicted molar refractivity (Wildman–Crippen MR) is 106 cm³/mol. The van der Waals surface area contributed by atoms with Crippen molar-refractivity contribution < 1.29 is 18.7 Å². The zero-order valence-corrected chi connectivity index (χ0v) is 15.8. The van der Waals surface area contributed by atoms with Gasteiger partial charge in [-0.25, -0.2) is 4.39 Å². The molecule has 1 aliphatic rings. The number of amides is 1. The van der Waals surface area contributed by atoms with Gasteiger partial charge >= 0.3 is 0 Å². The second-order valence-corrected chi connectivity index (χ2v) is 6.66. The number of fused-ring (bicyclic) bond motifs is 1. The van der Waals surface area contributed by atoms with Gasteiger partial charge in [-0.2, -0.15) is 0 Å². The quantitative estimate of drug-likeness (QED) is 0.675. The summed E-state index contributed by atoms with van der Waals surface area (Å²) in [6, 6.07) is 15.3. The molecule has 0 bridgehead atoms. The highest BCUT2D eigenvalue weighted by Crippen LogP contribution is 2.24.